The topological polar surface area (TPSA) is 57.4 Å². The first-order valence-corrected chi connectivity index (χ1v) is 8.50. The summed E-state index contributed by atoms with van der Waals surface area (Å²) in [5.41, 5.74) is 6.76. The molecule has 0 radical (unpaired) electrons. The van der Waals surface area contributed by atoms with Crippen LogP contribution >= 0.6 is 0 Å². The molecule has 2 aromatic heterocycles. The van der Waals surface area contributed by atoms with Gasteiger partial charge in [-0.05, 0) is 27.5 Å². The summed E-state index contributed by atoms with van der Waals surface area (Å²) in [6.07, 6.45) is 7.11. The van der Waals surface area contributed by atoms with E-state index in [0.717, 1.165) is 22.5 Å². The van der Waals surface area contributed by atoms with Gasteiger partial charge in [-0.25, -0.2) is 9.97 Å². The van der Waals surface area contributed by atoms with Crippen LogP contribution in [0.15, 0.2) is 85.7 Å². The molecule has 0 unspecified atom stereocenters. The molecule has 4 nitrogen and oxygen atoms in total. The maximum absolute atomic E-state index is 4.16. The molecule has 0 bridgehead atoms. The molecule has 0 spiro atoms. The zero-order valence-corrected chi connectivity index (χ0v) is 14.0. The first-order chi connectivity index (χ1) is 12.9. The predicted octanol–water partition coefficient (Wildman–Crippen LogP) is 5.29. The Kier molecular flexibility index (Phi) is 3.39. The maximum Gasteiger partial charge on any atom is 0.0924 e. The molecule has 0 atom stereocenters. The van der Waals surface area contributed by atoms with Gasteiger partial charge in [0.15, 0.2) is 0 Å². The van der Waals surface area contributed by atoms with Crippen molar-refractivity contribution in [2.75, 3.05) is 0 Å². The molecule has 0 aliphatic carbocycles. The molecule has 5 rings (SSSR count). The van der Waals surface area contributed by atoms with Gasteiger partial charge in [-0.1, -0.05) is 60.7 Å². The van der Waals surface area contributed by atoms with Crippen LogP contribution in [0.2, 0.25) is 0 Å². The van der Waals surface area contributed by atoms with Gasteiger partial charge in [0.05, 0.1) is 36.4 Å². The highest BCUT2D eigenvalue weighted by Gasteiger charge is 2.09. The third kappa shape index (κ3) is 2.40. The monoisotopic (exact) mass is 336 g/mol. The van der Waals surface area contributed by atoms with Crippen LogP contribution < -0.4 is 0 Å². The molecule has 0 aliphatic rings. The SMILES string of the molecule is c1cc(-c2cnc[nH]2)c2cccc(-c3ccc(-c4cnc[nH]4)cc3)c2c1. The standard InChI is InChI=1S/C22H16N4/c1-3-17(15-7-9-16(10-8-15)21-11-23-13-25-21)18-4-2-6-20(19(18)5-1)22-12-24-14-26-22/h1-14H,(H,23,25)(H,24,26). The molecule has 4 heteroatoms. The molecule has 0 saturated heterocycles. The van der Waals surface area contributed by atoms with Crippen LogP contribution in [0, 0.1) is 0 Å². The Labute approximate surface area is 150 Å². The molecule has 26 heavy (non-hydrogen) atoms. The zero-order chi connectivity index (χ0) is 17.3. The Hall–Kier alpha value is -3.66. The fourth-order valence-corrected chi connectivity index (χ4v) is 3.44. The highest BCUT2D eigenvalue weighted by Crippen LogP contribution is 2.34. The van der Waals surface area contributed by atoms with Crippen molar-refractivity contribution < 1.29 is 0 Å². The molecule has 0 aliphatic heterocycles. The molecular weight excluding hydrogens is 320 g/mol. The van der Waals surface area contributed by atoms with Crippen molar-refractivity contribution in [3.63, 3.8) is 0 Å². The molecule has 0 saturated carbocycles. The summed E-state index contributed by atoms with van der Waals surface area (Å²) in [4.78, 5) is 14.6. The number of fused-ring (bicyclic) bond motifs is 1. The molecule has 2 N–H and O–H groups in total. The van der Waals surface area contributed by atoms with E-state index in [2.05, 4.69) is 80.6 Å². The minimum Gasteiger partial charge on any atom is -0.345 e. The first kappa shape index (κ1) is 14.7. The summed E-state index contributed by atoms with van der Waals surface area (Å²) in [5, 5.41) is 2.45. The van der Waals surface area contributed by atoms with Crippen LogP contribution in [0.25, 0.3) is 44.4 Å². The van der Waals surface area contributed by atoms with Crippen molar-refractivity contribution in [3.8, 4) is 33.6 Å². The number of rotatable bonds is 3. The Morgan fingerprint density at radius 3 is 1.77 bits per heavy atom. The third-order valence-corrected chi connectivity index (χ3v) is 4.72. The minimum atomic E-state index is 1.02. The van der Waals surface area contributed by atoms with E-state index in [0.29, 0.717) is 0 Å². The molecule has 0 amide bonds. The summed E-state index contributed by atoms with van der Waals surface area (Å²) in [6, 6.07) is 21.4. The van der Waals surface area contributed by atoms with Crippen molar-refractivity contribution in [1.82, 2.24) is 19.9 Å². The normalized spacial score (nSPS) is 11.1. The van der Waals surface area contributed by atoms with E-state index in [4.69, 9.17) is 0 Å². The molecule has 3 aromatic carbocycles. The van der Waals surface area contributed by atoms with E-state index in [1.807, 2.05) is 12.4 Å². The van der Waals surface area contributed by atoms with Crippen molar-refractivity contribution in [1.29, 1.82) is 0 Å². The van der Waals surface area contributed by atoms with Crippen molar-refractivity contribution in [3.05, 3.63) is 85.7 Å². The number of hydrogen-bond donors (Lipinski definition) is 2. The fourth-order valence-electron chi connectivity index (χ4n) is 3.44. The van der Waals surface area contributed by atoms with E-state index in [-0.39, 0.29) is 0 Å². The molecular formula is C22H16N4. The average molecular weight is 336 g/mol. The predicted molar refractivity (Wildman–Crippen MR) is 105 cm³/mol. The van der Waals surface area contributed by atoms with Gasteiger partial charge in [-0.15, -0.1) is 0 Å². The molecule has 0 fully saturated rings. The number of aromatic nitrogens is 4. The maximum atomic E-state index is 4.16. The Balaban J connectivity index is 1.65. The smallest absolute Gasteiger partial charge is 0.0924 e. The number of imidazole rings is 2. The number of nitrogens with zero attached hydrogens (tertiary/aromatic N) is 2. The highest BCUT2D eigenvalue weighted by molar-refractivity contribution is 6.03. The van der Waals surface area contributed by atoms with E-state index in [9.17, 15) is 0 Å². The Morgan fingerprint density at radius 1 is 0.538 bits per heavy atom. The van der Waals surface area contributed by atoms with Gasteiger partial charge in [0.25, 0.3) is 0 Å². The van der Waals surface area contributed by atoms with Gasteiger partial charge in [-0.3, -0.25) is 0 Å². The largest absolute Gasteiger partial charge is 0.345 e. The number of benzene rings is 3. The first-order valence-electron chi connectivity index (χ1n) is 8.50. The highest BCUT2D eigenvalue weighted by atomic mass is 14.9. The van der Waals surface area contributed by atoms with Gasteiger partial charge < -0.3 is 9.97 Å². The van der Waals surface area contributed by atoms with Crippen molar-refractivity contribution in [2.24, 2.45) is 0 Å². The van der Waals surface area contributed by atoms with Crippen molar-refractivity contribution in [2.45, 2.75) is 0 Å². The van der Waals surface area contributed by atoms with Crippen LogP contribution in [0.1, 0.15) is 0 Å². The van der Waals surface area contributed by atoms with Gasteiger partial charge in [0.2, 0.25) is 0 Å². The summed E-state index contributed by atoms with van der Waals surface area (Å²) in [6.45, 7) is 0. The van der Waals surface area contributed by atoms with Crippen LogP contribution in [0.3, 0.4) is 0 Å². The van der Waals surface area contributed by atoms with Gasteiger partial charge in [-0.2, -0.15) is 0 Å². The van der Waals surface area contributed by atoms with Crippen LogP contribution in [0.4, 0.5) is 0 Å². The summed E-state index contributed by atoms with van der Waals surface area (Å²) >= 11 is 0. The lowest BCUT2D eigenvalue weighted by Crippen LogP contribution is -1.86. The number of nitrogens with one attached hydrogen (secondary N) is 2. The molecule has 2 heterocycles. The van der Waals surface area contributed by atoms with Gasteiger partial charge in [0.1, 0.15) is 0 Å². The van der Waals surface area contributed by atoms with Crippen LogP contribution in [0.5, 0.6) is 0 Å². The summed E-state index contributed by atoms with van der Waals surface area (Å²) < 4.78 is 0. The number of hydrogen-bond acceptors (Lipinski definition) is 2. The lowest BCUT2D eigenvalue weighted by Gasteiger charge is -2.10. The quantitative estimate of drug-likeness (QED) is 0.470. The second kappa shape index (κ2) is 6.01. The van der Waals surface area contributed by atoms with E-state index < -0.39 is 0 Å². The minimum absolute atomic E-state index is 1.02. The lowest BCUT2D eigenvalue weighted by atomic mass is 9.94. The summed E-state index contributed by atoms with van der Waals surface area (Å²) in [7, 11) is 0. The van der Waals surface area contributed by atoms with Gasteiger partial charge >= 0.3 is 0 Å². The Morgan fingerprint density at radius 2 is 1.12 bits per heavy atom. The van der Waals surface area contributed by atoms with E-state index in [1.54, 1.807) is 12.7 Å². The summed E-state index contributed by atoms with van der Waals surface area (Å²) in [5.74, 6) is 0. The van der Waals surface area contributed by atoms with Gasteiger partial charge in [0, 0.05) is 5.56 Å². The van der Waals surface area contributed by atoms with Crippen LogP contribution in [-0.2, 0) is 0 Å². The second-order valence-electron chi connectivity index (χ2n) is 6.21. The van der Waals surface area contributed by atoms with Crippen LogP contribution in [-0.4, -0.2) is 19.9 Å². The fraction of sp³-hybridized carbons (Fsp3) is 0. The van der Waals surface area contributed by atoms with E-state index in [1.165, 1.54) is 21.9 Å². The zero-order valence-electron chi connectivity index (χ0n) is 14.0. The lowest BCUT2D eigenvalue weighted by molar-refractivity contribution is 1.31. The molecule has 124 valence electrons. The van der Waals surface area contributed by atoms with E-state index >= 15 is 0 Å². The number of aromatic amines is 2. The third-order valence-electron chi connectivity index (χ3n) is 4.72. The number of H-pyrrole nitrogens is 2. The Bertz CT molecular complexity index is 1150. The second-order valence-corrected chi connectivity index (χ2v) is 6.21. The van der Waals surface area contributed by atoms with Crippen molar-refractivity contribution >= 4 is 10.8 Å². The average Bonchev–Trinajstić information content (AvgIpc) is 3.41. The molecule has 5 aromatic rings.